The van der Waals surface area contributed by atoms with Crippen molar-refractivity contribution in [3.05, 3.63) is 35.6 Å². The standard InChI is InChI=1S/C15H18FNO3/c1-10(11-4-6-12(16)7-5-11)13(18)15(2,3)17-8-9-20-14(17)19/h4-7,10H,8-9H2,1-3H3/t10-/m0/s1. The number of carbonyl (C=O) groups is 2. The molecule has 0 radical (unpaired) electrons. The summed E-state index contributed by atoms with van der Waals surface area (Å²) < 4.78 is 17.8. The number of Topliss-reactive ketones (excluding diaryl/α,β-unsaturated/α-hetero) is 1. The van der Waals surface area contributed by atoms with E-state index in [4.69, 9.17) is 4.74 Å². The second-order valence-electron chi connectivity index (χ2n) is 5.46. The van der Waals surface area contributed by atoms with Gasteiger partial charge in [-0.05, 0) is 31.5 Å². The average molecular weight is 279 g/mol. The second kappa shape index (κ2) is 5.23. The molecule has 1 aliphatic rings. The van der Waals surface area contributed by atoms with E-state index in [1.54, 1.807) is 32.9 Å². The van der Waals surface area contributed by atoms with Gasteiger partial charge in [0.25, 0.3) is 0 Å². The van der Waals surface area contributed by atoms with E-state index in [1.165, 1.54) is 17.0 Å². The Morgan fingerprint density at radius 2 is 1.95 bits per heavy atom. The number of carbonyl (C=O) groups excluding carboxylic acids is 2. The van der Waals surface area contributed by atoms with Crippen LogP contribution in [0.5, 0.6) is 0 Å². The Bertz CT molecular complexity index is 524. The quantitative estimate of drug-likeness (QED) is 0.851. The lowest BCUT2D eigenvalue weighted by Gasteiger charge is -2.34. The molecular formula is C15H18FNO3. The van der Waals surface area contributed by atoms with Gasteiger partial charge in [-0.1, -0.05) is 19.1 Å². The fourth-order valence-electron chi connectivity index (χ4n) is 2.47. The van der Waals surface area contributed by atoms with E-state index in [-0.39, 0.29) is 11.6 Å². The molecule has 5 heteroatoms. The van der Waals surface area contributed by atoms with Gasteiger partial charge in [0.2, 0.25) is 0 Å². The first-order valence-electron chi connectivity index (χ1n) is 6.58. The molecule has 1 heterocycles. The third-order valence-electron chi connectivity index (χ3n) is 3.80. The molecule has 1 amide bonds. The zero-order valence-electron chi connectivity index (χ0n) is 11.9. The van der Waals surface area contributed by atoms with Crippen molar-refractivity contribution in [2.75, 3.05) is 13.2 Å². The molecule has 20 heavy (non-hydrogen) atoms. The van der Waals surface area contributed by atoms with Crippen molar-refractivity contribution in [3.8, 4) is 0 Å². The molecule has 1 aliphatic heterocycles. The first kappa shape index (κ1) is 14.5. The minimum Gasteiger partial charge on any atom is -0.448 e. The largest absolute Gasteiger partial charge is 0.448 e. The summed E-state index contributed by atoms with van der Waals surface area (Å²) >= 11 is 0. The lowest BCUT2D eigenvalue weighted by Crippen LogP contribution is -2.52. The van der Waals surface area contributed by atoms with Crippen LogP contribution in [-0.2, 0) is 9.53 Å². The number of hydrogen-bond donors (Lipinski definition) is 0. The van der Waals surface area contributed by atoms with Crippen LogP contribution in [0.25, 0.3) is 0 Å². The molecular weight excluding hydrogens is 261 g/mol. The molecule has 0 aliphatic carbocycles. The minimum atomic E-state index is -0.943. The van der Waals surface area contributed by atoms with E-state index in [0.717, 1.165) is 5.56 Å². The van der Waals surface area contributed by atoms with Crippen LogP contribution in [0.3, 0.4) is 0 Å². The monoisotopic (exact) mass is 279 g/mol. The number of ketones is 1. The Balaban J connectivity index is 2.21. The molecule has 1 aromatic carbocycles. The summed E-state index contributed by atoms with van der Waals surface area (Å²) in [6, 6.07) is 5.85. The molecule has 1 aromatic rings. The van der Waals surface area contributed by atoms with Crippen LogP contribution < -0.4 is 0 Å². The smallest absolute Gasteiger partial charge is 0.410 e. The zero-order chi connectivity index (χ0) is 14.9. The van der Waals surface area contributed by atoms with Crippen LogP contribution in [0, 0.1) is 5.82 Å². The summed E-state index contributed by atoms with van der Waals surface area (Å²) in [5.74, 6) is -0.849. The van der Waals surface area contributed by atoms with Crippen molar-refractivity contribution in [2.24, 2.45) is 0 Å². The van der Waals surface area contributed by atoms with Crippen LogP contribution >= 0.6 is 0 Å². The Morgan fingerprint density at radius 3 is 2.45 bits per heavy atom. The predicted molar refractivity (Wildman–Crippen MR) is 72.0 cm³/mol. The molecule has 1 atom stereocenters. The van der Waals surface area contributed by atoms with E-state index >= 15 is 0 Å². The number of benzene rings is 1. The van der Waals surface area contributed by atoms with Crippen molar-refractivity contribution in [3.63, 3.8) is 0 Å². The lowest BCUT2D eigenvalue weighted by atomic mass is 9.84. The van der Waals surface area contributed by atoms with Gasteiger partial charge in [0.05, 0.1) is 12.1 Å². The van der Waals surface area contributed by atoms with Gasteiger partial charge in [0, 0.05) is 5.92 Å². The maximum absolute atomic E-state index is 12.9. The molecule has 0 saturated carbocycles. The minimum absolute atomic E-state index is 0.0945. The van der Waals surface area contributed by atoms with Crippen LogP contribution in [0.15, 0.2) is 24.3 Å². The highest BCUT2D eigenvalue weighted by molar-refractivity contribution is 5.95. The van der Waals surface area contributed by atoms with Gasteiger partial charge in [-0.3, -0.25) is 9.69 Å². The van der Waals surface area contributed by atoms with Gasteiger partial charge in [0.15, 0.2) is 5.78 Å². The zero-order valence-corrected chi connectivity index (χ0v) is 11.9. The van der Waals surface area contributed by atoms with Crippen LogP contribution in [0.1, 0.15) is 32.3 Å². The molecule has 0 spiro atoms. The number of amides is 1. The summed E-state index contributed by atoms with van der Waals surface area (Å²) in [4.78, 5) is 25.7. The maximum Gasteiger partial charge on any atom is 0.410 e. The number of ether oxygens (including phenoxy) is 1. The molecule has 0 bridgehead atoms. The highest BCUT2D eigenvalue weighted by atomic mass is 19.1. The SMILES string of the molecule is C[C@H](C(=O)C(C)(C)N1CCOC1=O)c1ccc(F)cc1. The molecule has 4 nitrogen and oxygen atoms in total. The third-order valence-corrected chi connectivity index (χ3v) is 3.80. The summed E-state index contributed by atoms with van der Waals surface area (Å²) in [6.45, 7) is 5.90. The number of cyclic esters (lactones) is 1. The van der Waals surface area contributed by atoms with Crippen molar-refractivity contribution in [1.82, 2.24) is 4.90 Å². The number of rotatable bonds is 4. The van der Waals surface area contributed by atoms with Gasteiger partial charge in [0.1, 0.15) is 12.4 Å². The Kier molecular flexibility index (Phi) is 3.79. The second-order valence-corrected chi connectivity index (χ2v) is 5.46. The van der Waals surface area contributed by atoms with Crippen molar-refractivity contribution in [1.29, 1.82) is 0 Å². The predicted octanol–water partition coefficient (Wildman–Crippen LogP) is 2.73. The topological polar surface area (TPSA) is 46.6 Å². The van der Waals surface area contributed by atoms with Gasteiger partial charge in [-0.2, -0.15) is 0 Å². The van der Waals surface area contributed by atoms with E-state index in [9.17, 15) is 14.0 Å². The summed E-state index contributed by atoms with van der Waals surface area (Å²) in [5, 5.41) is 0. The fraction of sp³-hybridized carbons (Fsp3) is 0.467. The van der Waals surface area contributed by atoms with E-state index in [0.29, 0.717) is 13.2 Å². The lowest BCUT2D eigenvalue weighted by molar-refractivity contribution is -0.128. The highest BCUT2D eigenvalue weighted by Gasteiger charge is 2.43. The van der Waals surface area contributed by atoms with Crippen molar-refractivity contribution in [2.45, 2.75) is 32.2 Å². The summed E-state index contributed by atoms with van der Waals surface area (Å²) in [5.41, 5.74) is -0.210. The molecule has 2 rings (SSSR count). The first-order chi connectivity index (χ1) is 9.34. The maximum atomic E-state index is 12.9. The fourth-order valence-corrected chi connectivity index (χ4v) is 2.47. The average Bonchev–Trinajstić information content (AvgIpc) is 2.85. The highest BCUT2D eigenvalue weighted by Crippen LogP contribution is 2.28. The van der Waals surface area contributed by atoms with E-state index < -0.39 is 17.6 Å². The van der Waals surface area contributed by atoms with Crippen LogP contribution in [-0.4, -0.2) is 35.5 Å². The normalized spacial score (nSPS) is 17.0. The van der Waals surface area contributed by atoms with Gasteiger partial charge in [-0.25, -0.2) is 9.18 Å². The number of hydrogen-bond acceptors (Lipinski definition) is 3. The summed E-state index contributed by atoms with van der Waals surface area (Å²) in [6.07, 6.45) is -0.463. The van der Waals surface area contributed by atoms with Crippen molar-refractivity contribution < 1.29 is 18.7 Å². The van der Waals surface area contributed by atoms with E-state index in [2.05, 4.69) is 0 Å². The molecule has 0 unspecified atom stereocenters. The Morgan fingerprint density at radius 1 is 1.35 bits per heavy atom. The number of halogens is 1. The number of nitrogens with zero attached hydrogens (tertiary/aromatic N) is 1. The van der Waals surface area contributed by atoms with Gasteiger partial charge >= 0.3 is 6.09 Å². The van der Waals surface area contributed by atoms with Gasteiger partial charge in [-0.15, -0.1) is 0 Å². The molecule has 1 fully saturated rings. The Hall–Kier alpha value is -1.91. The van der Waals surface area contributed by atoms with Crippen LogP contribution in [0.2, 0.25) is 0 Å². The van der Waals surface area contributed by atoms with E-state index in [1.807, 2.05) is 0 Å². The molecule has 1 saturated heterocycles. The third kappa shape index (κ3) is 2.53. The summed E-state index contributed by atoms with van der Waals surface area (Å²) in [7, 11) is 0. The Labute approximate surface area is 117 Å². The van der Waals surface area contributed by atoms with Crippen LogP contribution in [0.4, 0.5) is 9.18 Å². The van der Waals surface area contributed by atoms with Crippen molar-refractivity contribution >= 4 is 11.9 Å². The van der Waals surface area contributed by atoms with Gasteiger partial charge < -0.3 is 4.74 Å². The first-order valence-corrected chi connectivity index (χ1v) is 6.58. The molecule has 0 aromatic heterocycles. The molecule has 0 N–H and O–H groups in total. The molecule has 108 valence electrons.